The van der Waals surface area contributed by atoms with Crippen LogP contribution < -0.4 is 5.73 Å². The van der Waals surface area contributed by atoms with Gasteiger partial charge in [-0.05, 0) is 40.8 Å². The molecule has 1 aromatic heterocycles. The third-order valence-corrected chi connectivity index (χ3v) is 3.18. The number of tetrazole rings is 1. The van der Waals surface area contributed by atoms with Crippen LogP contribution in [-0.2, 0) is 12.8 Å². The van der Waals surface area contributed by atoms with E-state index in [-0.39, 0.29) is 0 Å². The van der Waals surface area contributed by atoms with Gasteiger partial charge in [0.25, 0.3) is 0 Å². The number of rotatable bonds is 1. The topological polar surface area (TPSA) is 69.6 Å². The van der Waals surface area contributed by atoms with Gasteiger partial charge in [-0.2, -0.15) is 0 Å². The van der Waals surface area contributed by atoms with E-state index in [9.17, 15) is 0 Å². The van der Waals surface area contributed by atoms with Gasteiger partial charge in [0.15, 0.2) is 0 Å². The molecule has 0 saturated heterocycles. The number of fused-ring (bicyclic) bond motifs is 1. The molecule has 3 rings (SSSR count). The second kappa shape index (κ2) is 3.59. The lowest BCUT2D eigenvalue weighted by Crippen LogP contribution is -2.21. The fraction of sp³-hybridized carbons (Fsp3) is 0.364. The highest BCUT2D eigenvalue weighted by molar-refractivity contribution is 5.30. The van der Waals surface area contributed by atoms with Crippen molar-refractivity contribution < 1.29 is 0 Å². The smallest absolute Gasteiger partial charge is 0.240 e. The van der Waals surface area contributed by atoms with Crippen LogP contribution in [0.3, 0.4) is 0 Å². The average molecular weight is 215 g/mol. The predicted octanol–water partition coefficient (Wildman–Crippen LogP) is 0.985. The normalized spacial score (nSPS) is 19.4. The predicted molar refractivity (Wildman–Crippen MR) is 59.7 cm³/mol. The molecule has 1 aromatic carbocycles. The molecule has 0 radical (unpaired) electrons. The first-order valence-electron chi connectivity index (χ1n) is 5.45. The van der Waals surface area contributed by atoms with Crippen LogP contribution in [0.25, 0.3) is 0 Å². The number of hydrogen-bond donors (Lipinski definition) is 1. The fourth-order valence-electron chi connectivity index (χ4n) is 2.35. The summed E-state index contributed by atoms with van der Waals surface area (Å²) >= 11 is 0. The first-order chi connectivity index (χ1) is 7.84. The van der Waals surface area contributed by atoms with E-state index >= 15 is 0 Å². The number of nitrogens with two attached hydrogens (primary N) is 1. The van der Waals surface area contributed by atoms with Crippen LogP contribution in [0.2, 0.25) is 0 Å². The Morgan fingerprint density at radius 1 is 1.25 bits per heavy atom. The highest BCUT2D eigenvalue weighted by atomic mass is 15.6. The van der Waals surface area contributed by atoms with E-state index in [1.54, 1.807) is 4.68 Å². The van der Waals surface area contributed by atoms with Crippen molar-refractivity contribution in [2.45, 2.75) is 25.3 Å². The summed E-state index contributed by atoms with van der Waals surface area (Å²) in [6, 6.07) is 8.82. The number of hydrogen-bond acceptors (Lipinski definition) is 4. The van der Waals surface area contributed by atoms with Crippen molar-refractivity contribution in [2.24, 2.45) is 0 Å². The Balaban J connectivity index is 1.91. The lowest BCUT2D eigenvalue weighted by molar-refractivity contribution is 0.401. The maximum atomic E-state index is 5.72. The van der Waals surface area contributed by atoms with Gasteiger partial charge in [-0.1, -0.05) is 29.4 Å². The second-order valence-electron chi connectivity index (χ2n) is 4.15. The SMILES string of the molecule is Nc1nnnn1C1CCc2ccccc2C1. The van der Waals surface area contributed by atoms with Gasteiger partial charge in [0, 0.05) is 0 Å². The number of anilines is 1. The third kappa shape index (κ3) is 1.44. The lowest BCUT2D eigenvalue weighted by atomic mass is 9.88. The van der Waals surface area contributed by atoms with E-state index in [4.69, 9.17) is 5.73 Å². The molecule has 16 heavy (non-hydrogen) atoms. The molecule has 1 aliphatic carbocycles. The van der Waals surface area contributed by atoms with Gasteiger partial charge in [-0.25, -0.2) is 4.68 Å². The standard InChI is InChI=1S/C11H13N5/c12-11-13-14-15-16(11)10-6-5-8-3-1-2-4-9(8)7-10/h1-4,10H,5-7H2,(H2,12,13,15). The molecule has 0 aliphatic heterocycles. The van der Waals surface area contributed by atoms with Gasteiger partial charge < -0.3 is 5.73 Å². The van der Waals surface area contributed by atoms with Crippen LogP contribution in [0.5, 0.6) is 0 Å². The van der Waals surface area contributed by atoms with Crippen molar-refractivity contribution in [3.05, 3.63) is 35.4 Å². The molecule has 0 amide bonds. The Morgan fingerprint density at radius 2 is 2.06 bits per heavy atom. The maximum Gasteiger partial charge on any atom is 0.240 e. The van der Waals surface area contributed by atoms with Crippen molar-refractivity contribution in [1.29, 1.82) is 0 Å². The zero-order chi connectivity index (χ0) is 11.0. The van der Waals surface area contributed by atoms with Crippen molar-refractivity contribution in [3.8, 4) is 0 Å². The van der Waals surface area contributed by atoms with Gasteiger partial charge in [0.05, 0.1) is 6.04 Å². The average Bonchev–Trinajstić information content (AvgIpc) is 2.75. The number of benzene rings is 1. The number of aromatic nitrogens is 4. The quantitative estimate of drug-likeness (QED) is 0.770. The highest BCUT2D eigenvalue weighted by Crippen LogP contribution is 2.28. The van der Waals surface area contributed by atoms with Gasteiger partial charge >= 0.3 is 0 Å². The summed E-state index contributed by atoms with van der Waals surface area (Å²) in [4.78, 5) is 0. The Bertz CT molecular complexity index is 505. The Hall–Kier alpha value is -1.91. The van der Waals surface area contributed by atoms with Crippen LogP contribution in [0.4, 0.5) is 5.95 Å². The summed E-state index contributed by atoms with van der Waals surface area (Å²) in [6.45, 7) is 0. The summed E-state index contributed by atoms with van der Waals surface area (Å²) in [5, 5.41) is 11.3. The van der Waals surface area contributed by atoms with Gasteiger partial charge in [-0.3, -0.25) is 0 Å². The maximum absolute atomic E-state index is 5.72. The molecule has 0 bridgehead atoms. The minimum absolute atomic E-state index is 0.296. The molecule has 5 nitrogen and oxygen atoms in total. The lowest BCUT2D eigenvalue weighted by Gasteiger charge is -2.24. The zero-order valence-electron chi connectivity index (χ0n) is 8.87. The second-order valence-corrected chi connectivity index (χ2v) is 4.15. The van der Waals surface area contributed by atoms with Crippen molar-refractivity contribution >= 4 is 5.95 Å². The van der Waals surface area contributed by atoms with E-state index < -0.39 is 0 Å². The molecule has 2 aromatic rings. The summed E-state index contributed by atoms with van der Waals surface area (Å²) in [5.41, 5.74) is 8.54. The van der Waals surface area contributed by atoms with Gasteiger partial charge in [0.2, 0.25) is 5.95 Å². The molecule has 1 atom stereocenters. The van der Waals surface area contributed by atoms with Crippen LogP contribution in [0.1, 0.15) is 23.6 Å². The van der Waals surface area contributed by atoms with Crippen LogP contribution in [-0.4, -0.2) is 20.2 Å². The molecular weight excluding hydrogens is 202 g/mol. The molecule has 1 aliphatic rings. The van der Waals surface area contributed by atoms with Crippen LogP contribution in [0.15, 0.2) is 24.3 Å². The molecular formula is C11H13N5. The zero-order valence-corrected chi connectivity index (χ0v) is 8.87. The number of aryl methyl sites for hydroxylation is 1. The summed E-state index contributed by atoms with van der Waals surface area (Å²) in [7, 11) is 0. The van der Waals surface area contributed by atoms with E-state index in [1.807, 2.05) is 0 Å². The van der Waals surface area contributed by atoms with Crippen molar-refractivity contribution in [3.63, 3.8) is 0 Å². The molecule has 0 spiro atoms. The molecule has 1 unspecified atom stereocenters. The Labute approximate surface area is 93.3 Å². The summed E-state index contributed by atoms with van der Waals surface area (Å²) in [5.74, 6) is 0.407. The molecule has 5 heteroatoms. The summed E-state index contributed by atoms with van der Waals surface area (Å²) in [6.07, 6.45) is 3.08. The van der Waals surface area contributed by atoms with E-state index in [0.29, 0.717) is 12.0 Å². The van der Waals surface area contributed by atoms with E-state index in [2.05, 4.69) is 39.8 Å². The first kappa shape index (κ1) is 9.33. The number of nitrogens with zero attached hydrogens (tertiary/aromatic N) is 4. The number of nitrogen functional groups attached to an aromatic ring is 1. The minimum Gasteiger partial charge on any atom is -0.367 e. The van der Waals surface area contributed by atoms with Gasteiger partial charge in [0.1, 0.15) is 0 Å². The van der Waals surface area contributed by atoms with E-state index in [1.165, 1.54) is 11.1 Å². The van der Waals surface area contributed by atoms with Crippen LogP contribution >= 0.6 is 0 Å². The third-order valence-electron chi connectivity index (χ3n) is 3.18. The molecule has 2 N–H and O–H groups in total. The Kier molecular flexibility index (Phi) is 2.09. The van der Waals surface area contributed by atoms with Crippen LogP contribution in [0, 0.1) is 0 Å². The van der Waals surface area contributed by atoms with Crippen molar-refractivity contribution in [2.75, 3.05) is 5.73 Å². The van der Waals surface area contributed by atoms with E-state index in [0.717, 1.165) is 19.3 Å². The molecule has 0 fully saturated rings. The first-order valence-corrected chi connectivity index (χ1v) is 5.45. The summed E-state index contributed by atoms with van der Waals surface area (Å²) < 4.78 is 1.73. The van der Waals surface area contributed by atoms with Gasteiger partial charge in [-0.15, -0.1) is 0 Å². The fourth-order valence-corrected chi connectivity index (χ4v) is 2.35. The minimum atomic E-state index is 0.296. The molecule has 82 valence electrons. The van der Waals surface area contributed by atoms with Crippen molar-refractivity contribution in [1.82, 2.24) is 20.2 Å². The molecule has 1 heterocycles. The highest BCUT2D eigenvalue weighted by Gasteiger charge is 2.22. The largest absolute Gasteiger partial charge is 0.367 e. The molecule has 0 saturated carbocycles. The monoisotopic (exact) mass is 215 g/mol. The Morgan fingerprint density at radius 3 is 2.81 bits per heavy atom.